The molecule has 2 N–H and O–H groups in total. The van der Waals surface area contributed by atoms with Gasteiger partial charge in [-0.15, -0.1) is 0 Å². The normalized spacial score (nSPS) is 11.0. The molecule has 2 rings (SSSR count). The van der Waals surface area contributed by atoms with Crippen LogP contribution in [0.5, 0.6) is 11.5 Å². The third kappa shape index (κ3) is 5.24. The molecule has 0 saturated heterocycles. The van der Waals surface area contributed by atoms with E-state index >= 15 is 0 Å². The van der Waals surface area contributed by atoms with E-state index in [-0.39, 0.29) is 17.8 Å². The first-order valence-electron chi connectivity index (χ1n) is 7.04. The molecule has 1 amide bonds. The second kappa shape index (κ2) is 7.96. The van der Waals surface area contributed by atoms with Gasteiger partial charge in [-0.05, 0) is 72.8 Å². The lowest BCUT2D eigenvalue weighted by molar-refractivity contribution is 0.0955. The molecule has 0 fully saturated rings. The molecular weight excluding hydrogens is 407 g/mol. The summed E-state index contributed by atoms with van der Waals surface area (Å²) in [7, 11) is 0. The zero-order valence-electron chi connectivity index (χ0n) is 12.8. The van der Waals surface area contributed by atoms with Crippen LogP contribution in [0.15, 0.2) is 47.6 Å². The number of nitrogens with one attached hydrogen (secondary N) is 1. The summed E-state index contributed by atoms with van der Waals surface area (Å²) < 4.78 is 6.54. The predicted octanol–water partition coefficient (Wildman–Crippen LogP) is 3.55. The highest BCUT2D eigenvalue weighted by atomic mass is 127. The number of carbonyl (C=O) groups is 1. The number of ether oxygens (including phenoxy) is 1. The maximum Gasteiger partial charge on any atom is 0.271 e. The molecule has 120 valence electrons. The fourth-order valence-electron chi connectivity index (χ4n) is 1.80. The summed E-state index contributed by atoms with van der Waals surface area (Å²) in [5, 5.41) is 13.8. The van der Waals surface area contributed by atoms with E-state index in [4.69, 9.17) is 4.74 Å². The molecule has 0 aromatic heterocycles. The zero-order chi connectivity index (χ0) is 16.8. The zero-order valence-corrected chi connectivity index (χ0v) is 14.9. The molecule has 0 aliphatic rings. The summed E-state index contributed by atoms with van der Waals surface area (Å²) in [6, 6.07) is 12.1. The minimum absolute atomic E-state index is 0.0298. The lowest BCUT2D eigenvalue weighted by atomic mass is 10.2. The Hall–Kier alpha value is -2.09. The fourth-order valence-corrected chi connectivity index (χ4v) is 2.16. The number of hydrazone groups is 1. The number of hydrogen-bond acceptors (Lipinski definition) is 4. The van der Waals surface area contributed by atoms with Gasteiger partial charge in [-0.2, -0.15) is 5.10 Å². The van der Waals surface area contributed by atoms with Crippen LogP contribution in [-0.2, 0) is 0 Å². The highest BCUT2D eigenvalue weighted by Crippen LogP contribution is 2.23. The van der Waals surface area contributed by atoms with Crippen molar-refractivity contribution in [3.8, 4) is 11.5 Å². The van der Waals surface area contributed by atoms with Crippen molar-refractivity contribution < 1.29 is 14.6 Å². The van der Waals surface area contributed by atoms with Gasteiger partial charge in [0, 0.05) is 20.8 Å². The van der Waals surface area contributed by atoms with E-state index in [1.165, 1.54) is 12.3 Å². The van der Waals surface area contributed by atoms with Gasteiger partial charge in [0.05, 0.1) is 12.3 Å². The van der Waals surface area contributed by atoms with Gasteiger partial charge < -0.3 is 9.84 Å². The number of phenols is 1. The van der Waals surface area contributed by atoms with Crippen molar-refractivity contribution in [2.75, 3.05) is 0 Å². The molecule has 0 heterocycles. The Labute approximate surface area is 148 Å². The Morgan fingerprint density at radius 2 is 1.96 bits per heavy atom. The van der Waals surface area contributed by atoms with Crippen LogP contribution in [-0.4, -0.2) is 23.3 Å². The average Bonchev–Trinajstić information content (AvgIpc) is 2.49. The first-order chi connectivity index (χ1) is 11.0. The lowest BCUT2D eigenvalue weighted by Crippen LogP contribution is -2.17. The van der Waals surface area contributed by atoms with Crippen LogP contribution in [0.1, 0.15) is 29.8 Å². The lowest BCUT2D eigenvalue weighted by Gasteiger charge is -2.10. The molecule has 2 aromatic rings. The number of hydrogen-bond donors (Lipinski definition) is 2. The molecule has 6 heteroatoms. The Kier molecular flexibility index (Phi) is 5.97. The minimum atomic E-state index is -0.308. The Morgan fingerprint density at radius 3 is 2.57 bits per heavy atom. The van der Waals surface area contributed by atoms with Crippen molar-refractivity contribution in [3.63, 3.8) is 0 Å². The molecule has 0 bridgehead atoms. The van der Waals surface area contributed by atoms with E-state index in [0.717, 1.165) is 3.57 Å². The third-order valence-corrected chi connectivity index (χ3v) is 3.57. The first-order valence-corrected chi connectivity index (χ1v) is 8.12. The van der Waals surface area contributed by atoms with Crippen molar-refractivity contribution in [1.82, 2.24) is 5.43 Å². The van der Waals surface area contributed by atoms with Crippen LogP contribution < -0.4 is 10.2 Å². The summed E-state index contributed by atoms with van der Waals surface area (Å²) in [6.45, 7) is 3.82. The van der Waals surface area contributed by atoms with E-state index in [1.807, 2.05) is 26.0 Å². The molecule has 0 radical (unpaired) electrons. The summed E-state index contributed by atoms with van der Waals surface area (Å²) in [4.78, 5) is 11.9. The van der Waals surface area contributed by atoms with Gasteiger partial charge in [0.15, 0.2) is 0 Å². The Morgan fingerprint density at radius 1 is 1.26 bits per heavy atom. The van der Waals surface area contributed by atoms with Crippen LogP contribution >= 0.6 is 22.6 Å². The predicted molar refractivity (Wildman–Crippen MR) is 98.1 cm³/mol. The molecule has 0 saturated carbocycles. The molecule has 0 unspecified atom stereocenters. The van der Waals surface area contributed by atoms with Crippen molar-refractivity contribution >= 4 is 34.7 Å². The number of aromatic hydroxyl groups is 1. The minimum Gasteiger partial charge on any atom is -0.507 e. The molecular formula is C17H17IN2O3. The van der Waals surface area contributed by atoms with Crippen LogP contribution in [0.25, 0.3) is 0 Å². The molecule has 2 aromatic carbocycles. The molecule has 23 heavy (non-hydrogen) atoms. The number of carbonyl (C=O) groups excluding carboxylic acids is 1. The number of amides is 1. The van der Waals surface area contributed by atoms with Crippen LogP contribution in [0.4, 0.5) is 0 Å². The van der Waals surface area contributed by atoms with Crippen LogP contribution in [0.2, 0.25) is 0 Å². The third-order valence-electron chi connectivity index (χ3n) is 2.85. The number of nitrogens with zero attached hydrogens (tertiary/aromatic N) is 1. The second-order valence-corrected chi connectivity index (χ2v) is 6.34. The van der Waals surface area contributed by atoms with Crippen LogP contribution in [0, 0.1) is 3.57 Å². The Balaban J connectivity index is 2.00. The molecule has 5 nitrogen and oxygen atoms in total. The second-order valence-electron chi connectivity index (χ2n) is 5.09. The molecule has 0 spiro atoms. The summed E-state index contributed by atoms with van der Waals surface area (Å²) in [5.74, 6) is 0.310. The quantitative estimate of drug-likeness (QED) is 0.438. The van der Waals surface area contributed by atoms with Gasteiger partial charge >= 0.3 is 0 Å². The SMILES string of the molecule is CC(C)Oc1ccc(/C=N\NC(=O)c2ccc(I)cc2)c(O)c1. The highest BCUT2D eigenvalue weighted by molar-refractivity contribution is 14.1. The topological polar surface area (TPSA) is 70.9 Å². The molecule has 0 atom stereocenters. The summed E-state index contributed by atoms with van der Waals surface area (Å²) >= 11 is 2.17. The van der Waals surface area contributed by atoms with Crippen molar-refractivity contribution in [2.24, 2.45) is 5.10 Å². The fraction of sp³-hybridized carbons (Fsp3) is 0.176. The van der Waals surface area contributed by atoms with Crippen molar-refractivity contribution in [2.45, 2.75) is 20.0 Å². The van der Waals surface area contributed by atoms with Crippen molar-refractivity contribution in [3.05, 3.63) is 57.2 Å². The summed E-state index contributed by atoms with van der Waals surface area (Å²) in [6.07, 6.45) is 1.42. The van der Waals surface area contributed by atoms with Gasteiger partial charge in [0.2, 0.25) is 0 Å². The van der Waals surface area contributed by atoms with Gasteiger partial charge in [-0.3, -0.25) is 4.79 Å². The van der Waals surface area contributed by atoms with E-state index in [0.29, 0.717) is 16.9 Å². The maximum absolute atomic E-state index is 11.9. The first kappa shape index (κ1) is 17.3. The summed E-state index contributed by atoms with van der Waals surface area (Å²) in [5.41, 5.74) is 3.44. The average molecular weight is 424 g/mol. The highest BCUT2D eigenvalue weighted by Gasteiger charge is 2.05. The largest absolute Gasteiger partial charge is 0.507 e. The van der Waals surface area contributed by atoms with E-state index in [1.54, 1.807) is 24.3 Å². The van der Waals surface area contributed by atoms with Gasteiger partial charge in [0.1, 0.15) is 11.5 Å². The van der Waals surface area contributed by atoms with Gasteiger partial charge in [-0.1, -0.05) is 0 Å². The van der Waals surface area contributed by atoms with Crippen LogP contribution in [0.3, 0.4) is 0 Å². The number of rotatable bonds is 5. The van der Waals surface area contributed by atoms with Crippen molar-refractivity contribution in [1.29, 1.82) is 0 Å². The van der Waals surface area contributed by atoms with Gasteiger partial charge in [0.25, 0.3) is 5.91 Å². The van der Waals surface area contributed by atoms with Gasteiger partial charge in [-0.25, -0.2) is 5.43 Å². The Bertz CT molecular complexity index is 712. The molecule has 0 aliphatic carbocycles. The number of benzene rings is 2. The van der Waals surface area contributed by atoms with E-state index in [2.05, 4.69) is 33.1 Å². The smallest absolute Gasteiger partial charge is 0.271 e. The van der Waals surface area contributed by atoms with E-state index in [9.17, 15) is 9.90 Å². The van der Waals surface area contributed by atoms with E-state index < -0.39 is 0 Å². The standard InChI is InChI=1S/C17H17IN2O3/c1-11(2)23-15-8-5-13(16(21)9-15)10-19-20-17(22)12-3-6-14(18)7-4-12/h3-11,21H,1-2H3,(H,20,22)/b19-10-. The monoisotopic (exact) mass is 424 g/mol. The molecule has 0 aliphatic heterocycles. The number of phenolic OH excluding ortho intramolecular Hbond substituents is 1. The maximum atomic E-state index is 11.9. The number of halogens is 1.